The SMILES string of the molecule is Cc1cc(C)c2c(ccc3c(-c4cccc5c4oc4nc(C)ccc45)nc(C)nc32)c1. The summed E-state index contributed by atoms with van der Waals surface area (Å²) in [4.78, 5) is 14.3. The molecular formula is C27H21N3O. The molecule has 4 nitrogen and oxygen atoms in total. The molecule has 150 valence electrons. The fourth-order valence-corrected chi connectivity index (χ4v) is 4.72. The monoisotopic (exact) mass is 403 g/mol. The van der Waals surface area contributed by atoms with Crippen LogP contribution in [0.25, 0.3) is 55.0 Å². The molecule has 0 fully saturated rings. The Bertz CT molecular complexity index is 1680. The van der Waals surface area contributed by atoms with Gasteiger partial charge in [0.2, 0.25) is 5.71 Å². The molecule has 3 aromatic heterocycles. The molecule has 0 amide bonds. The first-order valence-corrected chi connectivity index (χ1v) is 10.5. The van der Waals surface area contributed by atoms with Crippen LogP contribution < -0.4 is 0 Å². The highest BCUT2D eigenvalue weighted by Crippen LogP contribution is 2.38. The lowest BCUT2D eigenvalue weighted by Crippen LogP contribution is -1.96. The van der Waals surface area contributed by atoms with Crippen LogP contribution in [0.15, 0.2) is 59.0 Å². The van der Waals surface area contributed by atoms with E-state index in [2.05, 4.69) is 67.4 Å². The van der Waals surface area contributed by atoms with Gasteiger partial charge in [-0.3, -0.25) is 0 Å². The van der Waals surface area contributed by atoms with Gasteiger partial charge >= 0.3 is 0 Å². The summed E-state index contributed by atoms with van der Waals surface area (Å²) in [6.07, 6.45) is 0. The molecule has 0 N–H and O–H groups in total. The standard InChI is InChI=1S/C27H21N3O/c1-14-12-15(2)23-18(13-14)9-11-21-24(29-17(4)30-25(21)23)22-7-5-6-19-20-10-8-16(3)28-27(20)31-26(19)22/h5-13H,1-4H3. The van der Waals surface area contributed by atoms with Crippen LogP contribution in [0.2, 0.25) is 0 Å². The van der Waals surface area contributed by atoms with Gasteiger partial charge in [-0.1, -0.05) is 35.9 Å². The molecule has 31 heavy (non-hydrogen) atoms. The molecule has 4 heteroatoms. The van der Waals surface area contributed by atoms with Gasteiger partial charge < -0.3 is 4.42 Å². The minimum Gasteiger partial charge on any atom is -0.437 e. The van der Waals surface area contributed by atoms with Gasteiger partial charge in [0.15, 0.2) is 0 Å². The zero-order valence-electron chi connectivity index (χ0n) is 17.9. The van der Waals surface area contributed by atoms with E-state index >= 15 is 0 Å². The summed E-state index contributed by atoms with van der Waals surface area (Å²) >= 11 is 0. The molecular weight excluding hydrogens is 382 g/mol. The Morgan fingerprint density at radius 2 is 1.58 bits per heavy atom. The van der Waals surface area contributed by atoms with E-state index in [0.717, 1.165) is 50.0 Å². The maximum Gasteiger partial charge on any atom is 0.227 e. The van der Waals surface area contributed by atoms with Gasteiger partial charge in [0.25, 0.3) is 0 Å². The first kappa shape index (κ1) is 18.0. The number of aryl methyl sites for hydroxylation is 4. The second kappa shape index (κ2) is 6.35. The highest BCUT2D eigenvalue weighted by Gasteiger charge is 2.18. The third kappa shape index (κ3) is 2.65. The van der Waals surface area contributed by atoms with Crippen LogP contribution in [0.1, 0.15) is 22.6 Å². The summed E-state index contributed by atoms with van der Waals surface area (Å²) in [6, 6.07) is 19.1. The summed E-state index contributed by atoms with van der Waals surface area (Å²) in [5, 5.41) is 5.49. The molecule has 0 aliphatic rings. The van der Waals surface area contributed by atoms with Gasteiger partial charge in [0.05, 0.1) is 11.2 Å². The van der Waals surface area contributed by atoms with Crippen molar-refractivity contribution >= 4 is 43.7 Å². The van der Waals surface area contributed by atoms with Crippen molar-refractivity contribution in [1.29, 1.82) is 0 Å². The van der Waals surface area contributed by atoms with E-state index in [1.807, 2.05) is 19.9 Å². The fraction of sp³-hybridized carbons (Fsp3) is 0.148. The molecule has 3 aromatic carbocycles. The number of pyridine rings is 1. The molecule has 6 aromatic rings. The predicted molar refractivity (Wildman–Crippen MR) is 127 cm³/mol. The number of rotatable bonds is 1. The van der Waals surface area contributed by atoms with Crippen molar-refractivity contribution in [2.24, 2.45) is 0 Å². The molecule has 0 spiro atoms. The van der Waals surface area contributed by atoms with E-state index in [1.165, 1.54) is 21.9 Å². The largest absolute Gasteiger partial charge is 0.437 e. The third-order valence-electron chi connectivity index (χ3n) is 5.99. The van der Waals surface area contributed by atoms with E-state index in [0.29, 0.717) is 5.71 Å². The number of para-hydroxylation sites is 1. The van der Waals surface area contributed by atoms with E-state index in [9.17, 15) is 0 Å². The van der Waals surface area contributed by atoms with Crippen molar-refractivity contribution in [3.63, 3.8) is 0 Å². The topological polar surface area (TPSA) is 51.8 Å². The maximum atomic E-state index is 6.26. The number of furan rings is 1. The number of benzene rings is 3. The molecule has 0 radical (unpaired) electrons. The van der Waals surface area contributed by atoms with Crippen LogP contribution in [0.5, 0.6) is 0 Å². The Labute approximate surface area is 179 Å². The summed E-state index contributed by atoms with van der Waals surface area (Å²) in [5.41, 5.74) is 7.74. The van der Waals surface area contributed by atoms with Crippen LogP contribution in [0, 0.1) is 27.7 Å². The van der Waals surface area contributed by atoms with Crippen LogP contribution in [-0.2, 0) is 0 Å². The molecule has 0 aliphatic heterocycles. The first-order valence-electron chi connectivity index (χ1n) is 10.5. The molecule has 0 saturated heterocycles. The van der Waals surface area contributed by atoms with Gasteiger partial charge in [0, 0.05) is 32.8 Å². The normalized spacial score (nSPS) is 11.9. The second-order valence-corrected chi connectivity index (χ2v) is 8.35. The Morgan fingerprint density at radius 3 is 2.45 bits per heavy atom. The van der Waals surface area contributed by atoms with E-state index in [1.54, 1.807) is 0 Å². The average molecular weight is 403 g/mol. The van der Waals surface area contributed by atoms with Crippen molar-refractivity contribution in [1.82, 2.24) is 15.0 Å². The minimum atomic E-state index is 0.661. The van der Waals surface area contributed by atoms with Crippen molar-refractivity contribution < 1.29 is 4.42 Å². The Hall–Kier alpha value is -3.79. The molecule has 3 heterocycles. The van der Waals surface area contributed by atoms with Crippen molar-refractivity contribution in [3.05, 3.63) is 77.2 Å². The van der Waals surface area contributed by atoms with Gasteiger partial charge in [-0.15, -0.1) is 0 Å². The Morgan fingerprint density at radius 1 is 0.742 bits per heavy atom. The second-order valence-electron chi connectivity index (χ2n) is 8.35. The van der Waals surface area contributed by atoms with Crippen molar-refractivity contribution in [3.8, 4) is 11.3 Å². The predicted octanol–water partition coefficient (Wildman–Crippen LogP) is 6.98. The lowest BCUT2D eigenvalue weighted by molar-refractivity contribution is 0.653. The van der Waals surface area contributed by atoms with Crippen LogP contribution in [-0.4, -0.2) is 15.0 Å². The highest BCUT2D eigenvalue weighted by molar-refractivity contribution is 6.14. The summed E-state index contributed by atoms with van der Waals surface area (Å²) in [5.74, 6) is 0.747. The summed E-state index contributed by atoms with van der Waals surface area (Å²) in [7, 11) is 0. The molecule has 6 rings (SSSR count). The number of aromatic nitrogens is 3. The quantitative estimate of drug-likeness (QED) is 0.278. The molecule has 0 atom stereocenters. The highest BCUT2D eigenvalue weighted by atomic mass is 16.3. The Balaban J connectivity index is 1.75. The van der Waals surface area contributed by atoms with Crippen LogP contribution in [0.3, 0.4) is 0 Å². The Kier molecular flexibility index (Phi) is 3.69. The molecule has 0 bridgehead atoms. The molecule has 0 saturated carbocycles. The number of fused-ring (bicyclic) bond motifs is 6. The molecule has 0 unspecified atom stereocenters. The number of hydrogen-bond acceptors (Lipinski definition) is 4. The lowest BCUT2D eigenvalue weighted by atomic mass is 9.97. The average Bonchev–Trinajstić information content (AvgIpc) is 3.10. The van der Waals surface area contributed by atoms with Crippen molar-refractivity contribution in [2.75, 3.05) is 0 Å². The zero-order chi connectivity index (χ0) is 21.3. The van der Waals surface area contributed by atoms with E-state index < -0.39 is 0 Å². The summed E-state index contributed by atoms with van der Waals surface area (Å²) in [6.45, 7) is 8.21. The zero-order valence-corrected chi connectivity index (χ0v) is 17.9. The van der Waals surface area contributed by atoms with Crippen LogP contribution in [0.4, 0.5) is 0 Å². The maximum absolute atomic E-state index is 6.26. The van der Waals surface area contributed by atoms with Gasteiger partial charge in [-0.2, -0.15) is 0 Å². The van der Waals surface area contributed by atoms with Gasteiger partial charge in [-0.25, -0.2) is 15.0 Å². The van der Waals surface area contributed by atoms with Gasteiger partial charge in [-0.05, 0) is 62.9 Å². The lowest BCUT2D eigenvalue weighted by Gasteiger charge is -2.12. The van der Waals surface area contributed by atoms with E-state index in [4.69, 9.17) is 14.4 Å². The number of nitrogens with zero attached hydrogens (tertiary/aromatic N) is 3. The smallest absolute Gasteiger partial charge is 0.227 e. The van der Waals surface area contributed by atoms with Crippen LogP contribution >= 0.6 is 0 Å². The third-order valence-corrected chi connectivity index (χ3v) is 5.99. The first-order chi connectivity index (χ1) is 15.0. The minimum absolute atomic E-state index is 0.661. The van der Waals surface area contributed by atoms with E-state index in [-0.39, 0.29) is 0 Å². The van der Waals surface area contributed by atoms with Gasteiger partial charge in [0.1, 0.15) is 11.4 Å². The fourth-order valence-electron chi connectivity index (χ4n) is 4.72. The van der Waals surface area contributed by atoms with Crippen molar-refractivity contribution in [2.45, 2.75) is 27.7 Å². The summed E-state index contributed by atoms with van der Waals surface area (Å²) < 4.78 is 6.26. The molecule has 0 aliphatic carbocycles. The number of hydrogen-bond donors (Lipinski definition) is 0.